The van der Waals surface area contributed by atoms with Gasteiger partial charge in [0.1, 0.15) is 5.60 Å². The summed E-state index contributed by atoms with van der Waals surface area (Å²) in [5.74, 6) is -0.880. The molecule has 0 aromatic heterocycles. The number of nitriles is 1. The molecule has 128 valence electrons. The van der Waals surface area contributed by atoms with Crippen LogP contribution in [0.25, 0.3) is 0 Å². The van der Waals surface area contributed by atoms with Crippen molar-refractivity contribution < 1.29 is 29.0 Å². The Hall–Kier alpha value is -2.50. The number of methoxy groups -OCH3 is 1. The zero-order chi connectivity index (χ0) is 17.8. The summed E-state index contributed by atoms with van der Waals surface area (Å²) in [5, 5.41) is 18.4. The zero-order valence-corrected chi connectivity index (χ0v) is 13.7. The quantitative estimate of drug-likeness (QED) is 0.752. The molecule has 1 rings (SSSR count). The van der Waals surface area contributed by atoms with Gasteiger partial charge < -0.3 is 19.5 Å². The lowest BCUT2D eigenvalue weighted by Gasteiger charge is -2.46. The smallest absolute Gasteiger partial charge is 0.410 e. The minimum Gasteiger partial charge on any atom is -0.467 e. The van der Waals surface area contributed by atoms with Gasteiger partial charge in [0.2, 0.25) is 0 Å². The van der Waals surface area contributed by atoms with Gasteiger partial charge in [0.15, 0.2) is 5.54 Å². The molecule has 1 heterocycles. The van der Waals surface area contributed by atoms with Crippen molar-refractivity contribution in [2.24, 2.45) is 0 Å². The highest BCUT2D eigenvalue weighted by molar-refractivity contribution is 5.87. The van der Waals surface area contributed by atoms with E-state index in [1.807, 2.05) is 0 Å². The zero-order valence-electron chi connectivity index (χ0n) is 13.7. The first-order chi connectivity index (χ1) is 10.6. The standard InChI is InChI=1S/C14H21N3O6/c1-13(2,3)23-12(21)16-7-8-17(11(19)20)14(9-16,5-6-15)10(18)22-4/h5,7-9H2,1-4H3,(H,19,20). The van der Waals surface area contributed by atoms with Gasteiger partial charge in [-0.25, -0.2) is 14.4 Å². The van der Waals surface area contributed by atoms with E-state index in [4.69, 9.17) is 10.00 Å². The first-order valence-electron chi connectivity index (χ1n) is 7.01. The van der Waals surface area contributed by atoms with E-state index in [1.165, 1.54) is 4.90 Å². The largest absolute Gasteiger partial charge is 0.467 e. The van der Waals surface area contributed by atoms with Gasteiger partial charge in [-0.3, -0.25) is 4.90 Å². The van der Waals surface area contributed by atoms with Crippen LogP contribution in [0.5, 0.6) is 0 Å². The van der Waals surface area contributed by atoms with Crippen molar-refractivity contribution in [1.29, 1.82) is 5.26 Å². The number of carbonyl (C=O) groups excluding carboxylic acids is 2. The van der Waals surface area contributed by atoms with E-state index in [2.05, 4.69) is 4.74 Å². The second-order valence-electron chi connectivity index (χ2n) is 6.19. The van der Waals surface area contributed by atoms with Crippen LogP contribution < -0.4 is 0 Å². The second kappa shape index (κ2) is 6.73. The summed E-state index contributed by atoms with van der Waals surface area (Å²) in [6.07, 6.45) is -2.45. The van der Waals surface area contributed by atoms with E-state index in [-0.39, 0.29) is 19.6 Å². The van der Waals surface area contributed by atoms with Crippen LogP contribution in [0.3, 0.4) is 0 Å². The molecule has 1 saturated heterocycles. The van der Waals surface area contributed by atoms with Gasteiger partial charge in [-0.15, -0.1) is 0 Å². The third-order valence-electron chi connectivity index (χ3n) is 3.38. The number of piperazine rings is 1. The molecule has 0 bridgehead atoms. The van der Waals surface area contributed by atoms with Crippen LogP contribution in [0.4, 0.5) is 9.59 Å². The lowest BCUT2D eigenvalue weighted by molar-refractivity contribution is -0.157. The Morgan fingerprint density at radius 2 is 1.91 bits per heavy atom. The van der Waals surface area contributed by atoms with E-state index < -0.39 is 35.7 Å². The van der Waals surface area contributed by atoms with Crippen LogP contribution in [0, 0.1) is 11.3 Å². The van der Waals surface area contributed by atoms with Crippen LogP contribution in [0.1, 0.15) is 27.2 Å². The Morgan fingerprint density at radius 3 is 2.35 bits per heavy atom. The molecule has 0 radical (unpaired) electrons. The SMILES string of the molecule is COC(=O)C1(CC#N)CN(C(=O)OC(C)(C)C)CCN1C(=O)O. The maximum absolute atomic E-state index is 12.2. The summed E-state index contributed by atoms with van der Waals surface area (Å²) in [5.41, 5.74) is -2.49. The molecule has 1 aliphatic rings. The number of carboxylic acid groups (broad SMARTS) is 1. The highest BCUT2D eigenvalue weighted by Gasteiger charge is 2.53. The molecule has 0 saturated carbocycles. The molecule has 1 fully saturated rings. The van der Waals surface area contributed by atoms with Crippen LogP contribution in [-0.4, -0.2) is 70.9 Å². The van der Waals surface area contributed by atoms with Gasteiger partial charge in [0.05, 0.1) is 26.1 Å². The first kappa shape index (κ1) is 18.5. The normalized spacial score (nSPS) is 21.3. The van der Waals surface area contributed by atoms with Crippen LogP contribution >= 0.6 is 0 Å². The molecule has 1 aliphatic heterocycles. The minimum atomic E-state index is -1.76. The fraction of sp³-hybridized carbons (Fsp3) is 0.714. The molecule has 9 nitrogen and oxygen atoms in total. The van der Waals surface area contributed by atoms with Gasteiger partial charge in [0.25, 0.3) is 0 Å². The molecule has 0 aliphatic carbocycles. The number of hydrogen-bond donors (Lipinski definition) is 1. The summed E-state index contributed by atoms with van der Waals surface area (Å²) < 4.78 is 9.92. The molecule has 0 aromatic carbocycles. The number of amides is 2. The molecule has 1 atom stereocenters. The third-order valence-corrected chi connectivity index (χ3v) is 3.38. The van der Waals surface area contributed by atoms with Crippen molar-refractivity contribution in [1.82, 2.24) is 9.80 Å². The van der Waals surface area contributed by atoms with E-state index in [0.717, 1.165) is 12.0 Å². The molecule has 2 amide bonds. The fourth-order valence-corrected chi connectivity index (χ4v) is 2.39. The molecule has 0 spiro atoms. The van der Waals surface area contributed by atoms with E-state index in [1.54, 1.807) is 26.8 Å². The average molecular weight is 327 g/mol. The topological polar surface area (TPSA) is 120 Å². The highest BCUT2D eigenvalue weighted by atomic mass is 16.6. The number of nitrogens with zero attached hydrogens (tertiary/aromatic N) is 3. The molecule has 0 aromatic rings. The Balaban J connectivity index is 3.14. The molecular weight excluding hydrogens is 306 g/mol. The lowest BCUT2D eigenvalue weighted by atomic mass is 9.90. The van der Waals surface area contributed by atoms with Crippen molar-refractivity contribution in [2.45, 2.75) is 38.3 Å². The number of esters is 1. The van der Waals surface area contributed by atoms with Crippen molar-refractivity contribution in [3.63, 3.8) is 0 Å². The van der Waals surface area contributed by atoms with E-state index in [9.17, 15) is 19.5 Å². The summed E-state index contributed by atoms with van der Waals surface area (Å²) >= 11 is 0. The number of hydrogen-bond acceptors (Lipinski definition) is 6. The lowest BCUT2D eigenvalue weighted by Crippen LogP contribution is -2.68. The maximum Gasteiger partial charge on any atom is 0.410 e. The van der Waals surface area contributed by atoms with E-state index in [0.29, 0.717) is 0 Å². The minimum absolute atomic E-state index is 0.0609. The van der Waals surface area contributed by atoms with Gasteiger partial charge in [-0.1, -0.05) is 0 Å². The van der Waals surface area contributed by atoms with Crippen LogP contribution in [0.15, 0.2) is 0 Å². The fourth-order valence-electron chi connectivity index (χ4n) is 2.39. The Morgan fingerprint density at radius 1 is 1.30 bits per heavy atom. The van der Waals surface area contributed by atoms with Crippen molar-refractivity contribution >= 4 is 18.2 Å². The van der Waals surface area contributed by atoms with E-state index >= 15 is 0 Å². The summed E-state index contributed by atoms with van der Waals surface area (Å²) in [4.78, 5) is 37.9. The van der Waals surface area contributed by atoms with Gasteiger partial charge in [-0.05, 0) is 20.8 Å². The number of ether oxygens (including phenoxy) is 2. The number of rotatable bonds is 2. The highest BCUT2D eigenvalue weighted by Crippen LogP contribution is 2.28. The van der Waals surface area contributed by atoms with Gasteiger partial charge in [0, 0.05) is 13.1 Å². The van der Waals surface area contributed by atoms with Gasteiger partial charge in [-0.2, -0.15) is 5.26 Å². The average Bonchev–Trinajstić information content (AvgIpc) is 2.44. The van der Waals surface area contributed by atoms with Crippen molar-refractivity contribution in [3.05, 3.63) is 0 Å². The molecule has 23 heavy (non-hydrogen) atoms. The Bertz CT molecular complexity index is 536. The number of carbonyl (C=O) groups is 3. The monoisotopic (exact) mass is 327 g/mol. The van der Waals surface area contributed by atoms with Crippen molar-refractivity contribution in [2.75, 3.05) is 26.7 Å². The summed E-state index contributed by atoms with van der Waals surface area (Å²) in [7, 11) is 1.11. The Kier molecular flexibility index (Phi) is 5.42. The maximum atomic E-state index is 12.2. The first-order valence-corrected chi connectivity index (χ1v) is 7.01. The van der Waals surface area contributed by atoms with Crippen LogP contribution in [0.2, 0.25) is 0 Å². The van der Waals surface area contributed by atoms with Gasteiger partial charge >= 0.3 is 18.2 Å². The predicted octanol–water partition coefficient (Wildman–Crippen LogP) is 1.04. The summed E-state index contributed by atoms with van der Waals surface area (Å²) in [6, 6.07) is 1.80. The Labute approximate surface area is 134 Å². The van der Waals surface area contributed by atoms with Crippen LogP contribution in [-0.2, 0) is 14.3 Å². The molecule has 1 N–H and O–H groups in total. The molecule has 9 heteroatoms. The second-order valence-corrected chi connectivity index (χ2v) is 6.19. The third kappa shape index (κ3) is 4.03. The molecule has 1 unspecified atom stereocenters. The molecular formula is C14H21N3O6. The van der Waals surface area contributed by atoms with Crippen molar-refractivity contribution in [3.8, 4) is 6.07 Å². The summed E-state index contributed by atoms with van der Waals surface area (Å²) in [6.45, 7) is 4.73. The predicted molar refractivity (Wildman–Crippen MR) is 77.5 cm³/mol.